The van der Waals surface area contributed by atoms with Crippen molar-refractivity contribution in [3.63, 3.8) is 0 Å². The van der Waals surface area contributed by atoms with Crippen molar-refractivity contribution in [2.75, 3.05) is 0 Å². The molecule has 1 heteroatoms. The number of rotatable bonds is 5. The number of phenolic OH excluding ortho intramolecular Hbond substituents is 1. The van der Waals surface area contributed by atoms with Crippen LogP contribution in [-0.2, 0) is 0 Å². The van der Waals surface area contributed by atoms with Crippen LogP contribution in [0.1, 0.15) is 27.8 Å². The van der Waals surface area contributed by atoms with Crippen LogP contribution in [0.3, 0.4) is 0 Å². The highest BCUT2D eigenvalue weighted by atomic mass is 16.3. The lowest BCUT2D eigenvalue weighted by atomic mass is 9.84. The monoisotopic (exact) mass is 544 g/mol. The van der Waals surface area contributed by atoms with Crippen molar-refractivity contribution >= 4 is 0 Å². The third-order valence-electron chi connectivity index (χ3n) is 8.14. The van der Waals surface area contributed by atoms with Gasteiger partial charge in [0, 0.05) is 16.7 Å². The molecule has 6 aromatic carbocycles. The zero-order valence-corrected chi connectivity index (χ0v) is 25.0. The normalized spacial score (nSPS) is 11.1. The zero-order valence-electron chi connectivity index (χ0n) is 25.0. The third kappa shape index (κ3) is 5.27. The molecule has 0 unspecified atom stereocenters. The molecule has 0 spiro atoms. The molecule has 0 heterocycles. The van der Waals surface area contributed by atoms with Gasteiger partial charge in [-0.2, -0.15) is 0 Å². The number of phenols is 1. The van der Waals surface area contributed by atoms with Crippen LogP contribution in [0.2, 0.25) is 0 Å². The molecule has 0 aliphatic heterocycles. The van der Waals surface area contributed by atoms with Gasteiger partial charge in [-0.1, -0.05) is 144 Å². The summed E-state index contributed by atoms with van der Waals surface area (Å²) in [6.07, 6.45) is 0. The first kappa shape index (κ1) is 27.3. The Kier molecular flexibility index (Phi) is 7.27. The minimum atomic E-state index is 0.292. The van der Waals surface area contributed by atoms with Crippen LogP contribution in [0.5, 0.6) is 5.75 Å². The van der Waals surface area contributed by atoms with Crippen LogP contribution in [0.25, 0.3) is 55.6 Å². The average molecular weight is 545 g/mol. The summed E-state index contributed by atoms with van der Waals surface area (Å²) in [4.78, 5) is 0. The van der Waals surface area contributed by atoms with Gasteiger partial charge >= 0.3 is 0 Å². The largest absolute Gasteiger partial charge is 0.507 e. The van der Waals surface area contributed by atoms with Gasteiger partial charge in [0.15, 0.2) is 0 Å². The standard InChI is InChI=1S/C41H36O/c1-26-9-16-31(17-10-26)37-23-29(4)15-22-34(37)35-7-6-8-36(41(35)42)40-38(32-18-11-27(2)12-19-32)24-30(5)25-39(40)33-20-13-28(3)14-21-33/h6-25,42H,1-5H3. The number of aromatic hydroxyl groups is 1. The molecule has 0 fully saturated rings. The molecule has 42 heavy (non-hydrogen) atoms. The Hall–Kier alpha value is -4.88. The van der Waals surface area contributed by atoms with Crippen LogP contribution < -0.4 is 0 Å². The van der Waals surface area contributed by atoms with Gasteiger partial charge in [0.2, 0.25) is 0 Å². The van der Waals surface area contributed by atoms with Crippen LogP contribution in [0.15, 0.2) is 121 Å². The minimum Gasteiger partial charge on any atom is -0.507 e. The molecular formula is C41H36O. The topological polar surface area (TPSA) is 20.2 Å². The molecule has 0 aliphatic rings. The van der Waals surface area contributed by atoms with Crippen LogP contribution in [0, 0.1) is 34.6 Å². The Labute approximate surface area is 249 Å². The van der Waals surface area contributed by atoms with Crippen molar-refractivity contribution in [1.82, 2.24) is 0 Å². The second-order valence-electron chi connectivity index (χ2n) is 11.6. The van der Waals surface area contributed by atoms with Crippen molar-refractivity contribution in [2.45, 2.75) is 34.6 Å². The molecule has 0 saturated carbocycles. The van der Waals surface area contributed by atoms with E-state index in [4.69, 9.17) is 0 Å². The van der Waals surface area contributed by atoms with E-state index in [0.717, 1.165) is 55.6 Å². The smallest absolute Gasteiger partial charge is 0.131 e. The summed E-state index contributed by atoms with van der Waals surface area (Å²) < 4.78 is 0. The first-order valence-corrected chi connectivity index (χ1v) is 14.6. The molecule has 0 aromatic heterocycles. The molecule has 1 nitrogen and oxygen atoms in total. The molecular weight excluding hydrogens is 508 g/mol. The minimum absolute atomic E-state index is 0.292. The van der Waals surface area contributed by atoms with Crippen molar-refractivity contribution in [3.8, 4) is 61.4 Å². The van der Waals surface area contributed by atoms with Gasteiger partial charge in [-0.15, -0.1) is 0 Å². The predicted molar refractivity (Wildman–Crippen MR) is 179 cm³/mol. The summed E-state index contributed by atoms with van der Waals surface area (Å²) in [5.74, 6) is 0.292. The second kappa shape index (κ2) is 11.2. The van der Waals surface area contributed by atoms with Crippen molar-refractivity contribution < 1.29 is 5.11 Å². The van der Waals surface area contributed by atoms with E-state index in [0.29, 0.717) is 5.75 Å². The van der Waals surface area contributed by atoms with E-state index in [2.05, 4.69) is 150 Å². The lowest BCUT2D eigenvalue weighted by Crippen LogP contribution is -1.95. The molecule has 0 aliphatic carbocycles. The van der Waals surface area contributed by atoms with Crippen LogP contribution >= 0.6 is 0 Å². The van der Waals surface area contributed by atoms with Gasteiger partial charge < -0.3 is 5.11 Å². The molecule has 0 bridgehead atoms. The van der Waals surface area contributed by atoms with Crippen molar-refractivity contribution in [2.24, 2.45) is 0 Å². The highest BCUT2D eigenvalue weighted by Crippen LogP contribution is 2.48. The van der Waals surface area contributed by atoms with Gasteiger partial charge in [-0.25, -0.2) is 0 Å². The van der Waals surface area contributed by atoms with E-state index in [9.17, 15) is 5.11 Å². The predicted octanol–water partition coefficient (Wildman–Crippen LogP) is 11.3. The van der Waals surface area contributed by atoms with Gasteiger partial charge in [-0.3, -0.25) is 0 Å². The SMILES string of the molecule is Cc1ccc(-c2cc(C)ccc2-c2cccc(-c3c(-c4ccc(C)cc4)cc(C)cc3-c3ccc(C)cc3)c2O)cc1. The summed E-state index contributed by atoms with van der Waals surface area (Å²) >= 11 is 0. The highest BCUT2D eigenvalue weighted by molar-refractivity contribution is 5.99. The Balaban J connectivity index is 1.63. The molecule has 1 N–H and O–H groups in total. The summed E-state index contributed by atoms with van der Waals surface area (Å²) in [5.41, 5.74) is 16.5. The van der Waals surface area contributed by atoms with E-state index in [-0.39, 0.29) is 0 Å². The first-order chi connectivity index (χ1) is 20.3. The Morgan fingerprint density at radius 2 is 0.738 bits per heavy atom. The van der Waals surface area contributed by atoms with Gasteiger partial charge in [0.25, 0.3) is 0 Å². The van der Waals surface area contributed by atoms with E-state index < -0.39 is 0 Å². The second-order valence-corrected chi connectivity index (χ2v) is 11.6. The molecule has 6 rings (SSSR count). The first-order valence-electron chi connectivity index (χ1n) is 14.6. The molecule has 0 saturated heterocycles. The van der Waals surface area contributed by atoms with E-state index in [1.165, 1.54) is 27.8 Å². The molecule has 0 atom stereocenters. The number of aryl methyl sites for hydroxylation is 5. The van der Waals surface area contributed by atoms with Crippen molar-refractivity contribution in [3.05, 3.63) is 149 Å². The quantitative estimate of drug-likeness (QED) is 0.229. The summed E-state index contributed by atoms with van der Waals surface area (Å²) in [5, 5.41) is 12.2. The maximum atomic E-state index is 12.2. The average Bonchev–Trinajstić information content (AvgIpc) is 2.98. The number of hydrogen-bond acceptors (Lipinski definition) is 1. The number of para-hydroxylation sites is 1. The summed E-state index contributed by atoms with van der Waals surface area (Å²) in [6, 6.07) is 43.1. The number of benzene rings is 6. The molecule has 0 amide bonds. The maximum absolute atomic E-state index is 12.2. The zero-order chi connectivity index (χ0) is 29.4. The fraction of sp³-hybridized carbons (Fsp3) is 0.122. The Bertz CT molecular complexity index is 1820. The molecule has 0 radical (unpaired) electrons. The van der Waals surface area contributed by atoms with E-state index in [1.807, 2.05) is 6.07 Å². The maximum Gasteiger partial charge on any atom is 0.131 e. The lowest BCUT2D eigenvalue weighted by Gasteiger charge is -2.21. The van der Waals surface area contributed by atoms with Crippen molar-refractivity contribution in [1.29, 1.82) is 0 Å². The van der Waals surface area contributed by atoms with Crippen LogP contribution in [0.4, 0.5) is 0 Å². The third-order valence-corrected chi connectivity index (χ3v) is 8.14. The van der Waals surface area contributed by atoms with E-state index >= 15 is 0 Å². The summed E-state index contributed by atoms with van der Waals surface area (Å²) in [7, 11) is 0. The van der Waals surface area contributed by atoms with Gasteiger partial charge in [-0.05, 0) is 79.1 Å². The Morgan fingerprint density at radius 1 is 0.333 bits per heavy atom. The fourth-order valence-electron chi connectivity index (χ4n) is 5.83. The van der Waals surface area contributed by atoms with Crippen LogP contribution in [-0.4, -0.2) is 5.11 Å². The summed E-state index contributed by atoms with van der Waals surface area (Å²) in [6.45, 7) is 10.6. The Morgan fingerprint density at radius 3 is 1.24 bits per heavy atom. The lowest BCUT2D eigenvalue weighted by molar-refractivity contribution is 0.479. The van der Waals surface area contributed by atoms with Gasteiger partial charge in [0.1, 0.15) is 5.75 Å². The van der Waals surface area contributed by atoms with Gasteiger partial charge in [0.05, 0.1) is 0 Å². The molecule has 6 aromatic rings. The fourth-order valence-corrected chi connectivity index (χ4v) is 5.83. The van der Waals surface area contributed by atoms with E-state index in [1.54, 1.807) is 0 Å². The molecule has 206 valence electrons. The highest BCUT2D eigenvalue weighted by Gasteiger charge is 2.21. The number of hydrogen-bond donors (Lipinski definition) is 1.